The van der Waals surface area contributed by atoms with Crippen LogP contribution in [0.5, 0.6) is 0 Å². The van der Waals surface area contributed by atoms with Crippen molar-refractivity contribution in [1.29, 1.82) is 0 Å². The Hall–Kier alpha value is -3.09. The molecule has 7 heteroatoms. The lowest BCUT2D eigenvalue weighted by Crippen LogP contribution is -2.29. The van der Waals surface area contributed by atoms with Gasteiger partial charge in [0, 0.05) is 6.54 Å². The van der Waals surface area contributed by atoms with Gasteiger partial charge < -0.3 is 5.32 Å². The first kappa shape index (κ1) is 14.8. The summed E-state index contributed by atoms with van der Waals surface area (Å²) >= 11 is 0. The molecule has 2 aromatic heterocycles. The number of nitrogens with one attached hydrogen (secondary N) is 1. The molecule has 0 radical (unpaired) electrons. The van der Waals surface area contributed by atoms with Crippen LogP contribution in [0.2, 0.25) is 0 Å². The molecule has 0 saturated heterocycles. The molecule has 0 unspecified atom stereocenters. The average Bonchev–Trinajstić information content (AvgIpc) is 3.13. The van der Waals surface area contributed by atoms with Gasteiger partial charge in [0.1, 0.15) is 12.7 Å². The maximum Gasteiger partial charge on any atom is 0.253 e. The zero-order chi connectivity index (χ0) is 15.9. The van der Waals surface area contributed by atoms with Gasteiger partial charge in [-0.05, 0) is 18.1 Å². The van der Waals surface area contributed by atoms with E-state index in [0.29, 0.717) is 18.5 Å². The molecule has 116 valence electrons. The molecule has 1 atom stereocenters. The highest BCUT2D eigenvalue weighted by atomic mass is 16.1. The van der Waals surface area contributed by atoms with Gasteiger partial charge in [-0.3, -0.25) is 9.48 Å². The summed E-state index contributed by atoms with van der Waals surface area (Å²) in [5, 5.41) is 14.6. The first-order chi connectivity index (χ1) is 11.3. The van der Waals surface area contributed by atoms with Crippen LogP contribution in [0.3, 0.4) is 0 Å². The van der Waals surface area contributed by atoms with Crippen LogP contribution in [-0.2, 0) is 6.54 Å². The molecule has 3 aromatic rings. The lowest BCUT2D eigenvalue weighted by Gasteiger charge is -2.19. The highest BCUT2D eigenvalue weighted by Gasteiger charge is 2.16. The Morgan fingerprint density at radius 2 is 2.04 bits per heavy atom. The van der Waals surface area contributed by atoms with Crippen LogP contribution in [-0.4, -0.2) is 30.9 Å². The Labute approximate surface area is 133 Å². The second kappa shape index (κ2) is 7.26. The Morgan fingerprint density at radius 1 is 1.17 bits per heavy atom. The van der Waals surface area contributed by atoms with Gasteiger partial charge in [0.2, 0.25) is 0 Å². The number of hydrogen-bond acceptors (Lipinski definition) is 5. The normalized spacial score (nSPS) is 11.8. The third-order valence-electron chi connectivity index (χ3n) is 3.47. The predicted molar refractivity (Wildman–Crippen MR) is 83.3 cm³/mol. The Bertz CT molecular complexity index is 730. The van der Waals surface area contributed by atoms with Gasteiger partial charge in [-0.1, -0.05) is 30.3 Å². The van der Waals surface area contributed by atoms with Crippen molar-refractivity contribution in [3.63, 3.8) is 0 Å². The van der Waals surface area contributed by atoms with Crippen LogP contribution in [0.15, 0.2) is 61.4 Å². The summed E-state index contributed by atoms with van der Waals surface area (Å²) < 4.78 is 1.75. The van der Waals surface area contributed by atoms with Crippen molar-refractivity contribution in [2.24, 2.45) is 0 Å². The van der Waals surface area contributed by atoms with E-state index in [0.717, 1.165) is 5.56 Å². The molecule has 1 amide bonds. The third kappa shape index (κ3) is 3.97. The smallest absolute Gasteiger partial charge is 0.253 e. The fourth-order valence-electron chi connectivity index (χ4n) is 2.28. The van der Waals surface area contributed by atoms with Crippen molar-refractivity contribution < 1.29 is 4.79 Å². The van der Waals surface area contributed by atoms with Crippen molar-refractivity contribution in [3.05, 3.63) is 72.6 Å². The minimum Gasteiger partial charge on any atom is -0.345 e. The molecular formula is C16H16N6O. The Morgan fingerprint density at radius 3 is 2.74 bits per heavy atom. The monoisotopic (exact) mass is 308 g/mol. The summed E-state index contributed by atoms with van der Waals surface area (Å²) in [7, 11) is 0. The molecule has 1 N–H and O–H groups in total. The fourth-order valence-corrected chi connectivity index (χ4v) is 2.28. The zero-order valence-corrected chi connectivity index (χ0v) is 12.4. The molecule has 7 nitrogen and oxygen atoms in total. The van der Waals surface area contributed by atoms with Crippen molar-refractivity contribution >= 4 is 5.91 Å². The minimum atomic E-state index is -0.174. The number of carbonyl (C=O) groups is 1. The third-order valence-corrected chi connectivity index (χ3v) is 3.47. The molecule has 1 aromatic carbocycles. The molecule has 0 spiro atoms. The topological polar surface area (TPSA) is 85.6 Å². The fraction of sp³-hybridized carbons (Fsp3) is 0.188. The molecular weight excluding hydrogens is 292 g/mol. The van der Waals surface area contributed by atoms with E-state index in [1.165, 1.54) is 18.7 Å². The van der Waals surface area contributed by atoms with Crippen LogP contribution < -0.4 is 5.32 Å². The van der Waals surface area contributed by atoms with Crippen LogP contribution in [0.1, 0.15) is 28.4 Å². The lowest BCUT2D eigenvalue weighted by atomic mass is 10.0. The van der Waals surface area contributed by atoms with E-state index in [4.69, 9.17) is 0 Å². The summed E-state index contributed by atoms with van der Waals surface area (Å²) in [6, 6.07) is 11.4. The predicted octanol–water partition coefficient (Wildman–Crippen LogP) is 1.63. The van der Waals surface area contributed by atoms with Crippen molar-refractivity contribution in [3.8, 4) is 0 Å². The minimum absolute atomic E-state index is 0.124. The van der Waals surface area contributed by atoms with E-state index in [9.17, 15) is 4.79 Å². The van der Waals surface area contributed by atoms with E-state index in [2.05, 4.69) is 25.6 Å². The summed E-state index contributed by atoms with van der Waals surface area (Å²) in [6.45, 7) is 0.661. The summed E-state index contributed by atoms with van der Waals surface area (Å²) in [5.41, 5.74) is 1.53. The highest BCUT2D eigenvalue weighted by Crippen LogP contribution is 2.18. The maximum absolute atomic E-state index is 12.4. The van der Waals surface area contributed by atoms with E-state index in [-0.39, 0.29) is 11.9 Å². The first-order valence-electron chi connectivity index (χ1n) is 7.28. The maximum atomic E-state index is 12.4. The molecule has 0 aliphatic carbocycles. The molecule has 3 rings (SSSR count). The van der Waals surface area contributed by atoms with Crippen LogP contribution >= 0.6 is 0 Å². The number of carbonyl (C=O) groups excluding carboxylic acids is 1. The van der Waals surface area contributed by atoms with E-state index in [1.54, 1.807) is 17.1 Å². The summed E-state index contributed by atoms with van der Waals surface area (Å²) in [4.78, 5) is 16.3. The Kier molecular flexibility index (Phi) is 4.68. The standard InChI is InChI=1S/C16H16N6O/c23-16(14-6-8-18-19-10-14)21-15(13-4-2-1-3-5-13)7-9-22-12-17-11-20-22/h1-6,8,10-12,15H,7,9H2,(H,21,23)/t15-/m0/s1. The first-order valence-corrected chi connectivity index (χ1v) is 7.28. The van der Waals surface area contributed by atoms with Gasteiger partial charge in [-0.15, -0.1) is 0 Å². The SMILES string of the molecule is O=C(N[C@@H](CCn1cncn1)c1ccccc1)c1ccnnc1. The van der Waals surface area contributed by atoms with Crippen molar-refractivity contribution in [1.82, 2.24) is 30.3 Å². The van der Waals surface area contributed by atoms with E-state index >= 15 is 0 Å². The van der Waals surface area contributed by atoms with Crippen LogP contribution in [0, 0.1) is 0 Å². The van der Waals surface area contributed by atoms with Crippen LogP contribution in [0.4, 0.5) is 0 Å². The Balaban J connectivity index is 1.73. The molecule has 0 fully saturated rings. The number of benzene rings is 1. The number of hydrogen-bond donors (Lipinski definition) is 1. The van der Waals surface area contributed by atoms with Gasteiger partial charge in [0.25, 0.3) is 5.91 Å². The quantitative estimate of drug-likeness (QED) is 0.748. The van der Waals surface area contributed by atoms with Crippen molar-refractivity contribution in [2.45, 2.75) is 19.0 Å². The van der Waals surface area contributed by atoms with Crippen LogP contribution in [0.25, 0.3) is 0 Å². The zero-order valence-electron chi connectivity index (χ0n) is 12.4. The van der Waals surface area contributed by atoms with Gasteiger partial charge in [0.05, 0.1) is 24.0 Å². The number of aromatic nitrogens is 5. The summed E-state index contributed by atoms with van der Waals surface area (Å²) in [5.74, 6) is -0.174. The van der Waals surface area contributed by atoms with Gasteiger partial charge in [0.15, 0.2) is 0 Å². The summed E-state index contributed by atoms with van der Waals surface area (Å²) in [6.07, 6.45) is 6.82. The van der Waals surface area contributed by atoms with Gasteiger partial charge >= 0.3 is 0 Å². The van der Waals surface area contributed by atoms with Gasteiger partial charge in [-0.2, -0.15) is 15.3 Å². The number of amides is 1. The molecule has 23 heavy (non-hydrogen) atoms. The lowest BCUT2D eigenvalue weighted by molar-refractivity contribution is 0.0932. The molecule has 2 heterocycles. The average molecular weight is 308 g/mol. The molecule has 0 bridgehead atoms. The van der Waals surface area contributed by atoms with E-state index < -0.39 is 0 Å². The van der Waals surface area contributed by atoms with Gasteiger partial charge in [-0.25, -0.2) is 4.98 Å². The molecule has 0 aliphatic rings. The number of aryl methyl sites for hydroxylation is 1. The second-order valence-electron chi connectivity index (χ2n) is 5.02. The van der Waals surface area contributed by atoms with Crippen molar-refractivity contribution in [2.75, 3.05) is 0 Å². The largest absolute Gasteiger partial charge is 0.345 e. The number of rotatable bonds is 6. The molecule has 0 aliphatic heterocycles. The highest BCUT2D eigenvalue weighted by molar-refractivity contribution is 5.94. The second-order valence-corrected chi connectivity index (χ2v) is 5.02. The van der Waals surface area contributed by atoms with E-state index in [1.807, 2.05) is 30.3 Å². The molecule has 0 saturated carbocycles. The number of nitrogens with zero attached hydrogens (tertiary/aromatic N) is 5.